The number of aliphatic hydroxyl groups excluding tert-OH is 1. The van der Waals surface area contributed by atoms with Crippen LogP contribution in [0.15, 0.2) is 30.5 Å². The fourth-order valence-corrected chi connectivity index (χ4v) is 2.59. The molecule has 1 aliphatic carbocycles. The van der Waals surface area contributed by atoms with Gasteiger partial charge in [-0.25, -0.2) is 0 Å². The van der Waals surface area contributed by atoms with Crippen molar-refractivity contribution in [3.05, 3.63) is 52.8 Å². The molecule has 88 valence electrons. The first kappa shape index (κ1) is 10.5. The topological polar surface area (TPSA) is 48.9 Å². The molecule has 1 aromatic heterocycles. The van der Waals surface area contributed by atoms with Crippen LogP contribution in [0, 0.1) is 6.92 Å². The normalized spacial score (nSPS) is 23.4. The van der Waals surface area contributed by atoms with E-state index in [1.165, 1.54) is 11.1 Å². The Labute approximate surface area is 100 Å². The van der Waals surface area contributed by atoms with Gasteiger partial charge in [0.25, 0.3) is 0 Å². The summed E-state index contributed by atoms with van der Waals surface area (Å²) in [7, 11) is 0. The first-order valence-corrected chi connectivity index (χ1v) is 6.01. The molecule has 1 heterocycles. The van der Waals surface area contributed by atoms with E-state index in [-0.39, 0.29) is 6.10 Å². The number of rotatable bonds is 1. The lowest BCUT2D eigenvalue weighted by atomic mass is 9.81. The summed E-state index contributed by atoms with van der Waals surface area (Å²) in [6.45, 7) is 2.09. The van der Waals surface area contributed by atoms with Crippen LogP contribution in [0.3, 0.4) is 0 Å². The van der Waals surface area contributed by atoms with Gasteiger partial charge in [0.2, 0.25) is 0 Å². The second kappa shape index (κ2) is 4.00. The zero-order chi connectivity index (χ0) is 11.8. The predicted molar refractivity (Wildman–Crippen MR) is 65.8 cm³/mol. The van der Waals surface area contributed by atoms with Gasteiger partial charge in [-0.15, -0.1) is 0 Å². The molecule has 0 aliphatic heterocycles. The molecule has 3 heteroatoms. The zero-order valence-corrected chi connectivity index (χ0v) is 9.85. The molecule has 3 nitrogen and oxygen atoms in total. The van der Waals surface area contributed by atoms with E-state index in [1.54, 1.807) is 6.20 Å². The molecule has 0 fully saturated rings. The molecule has 1 aliphatic rings. The molecular formula is C14H16N2O. The molecule has 0 saturated heterocycles. The summed E-state index contributed by atoms with van der Waals surface area (Å²) in [5, 5.41) is 17.1. The number of H-pyrrole nitrogens is 1. The van der Waals surface area contributed by atoms with Crippen molar-refractivity contribution in [3.63, 3.8) is 0 Å². The van der Waals surface area contributed by atoms with Crippen LogP contribution >= 0.6 is 0 Å². The summed E-state index contributed by atoms with van der Waals surface area (Å²) in [6, 6.07) is 8.58. The number of fused-ring (bicyclic) bond motifs is 1. The van der Waals surface area contributed by atoms with Gasteiger partial charge in [0.05, 0.1) is 12.3 Å². The van der Waals surface area contributed by atoms with E-state index in [4.69, 9.17) is 0 Å². The molecule has 2 atom stereocenters. The first-order valence-electron chi connectivity index (χ1n) is 6.01. The van der Waals surface area contributed by atoms with Crippen molar-refractivity contribution in [3.8, 4) is 0 Å². The third kappa shape index (κ3) is 1.87. The van der Waals surface area contributed by atoms with Crippen LogP contribution in [0.1, 0.15) is 40.8 Å². The van der Waals surface area contributed by atoms with Gasteiger partial charge in [-0.2, -0.15) is 5.10 Å². The fraction of sp³-hybridized carbons (Fsp3) is 0.357. The molecular weight excluding hydrogens is 212 g/mol. The van der Waals surface area contributed by atoms with Crippen molar-refractivity contribution >= 4 is 0 Å². The van der Waals surface area contributed by atoms with E-state index in [1.807, 2.05) is 0 Å². The number of benzene rings is 1. The Morgan fingerprint density at radius 2 is 2.06 bits per heavy atom. The summed E-state index contributed by atoms with van der Waals surface area (Å²) in [6.07, 6.45) is 3.08. The third-order valence-electron chi connectivity index (χ3n) is 3.62. The lowest BCUT2D eigenvalue weighted by Crippen LogP contribution is -2.16. The van der Waals surface area contributed by atoms with Gasteiger partial charge in [0.1, 0.15) is 0 Å². The van der Waals surface area contributed by atoms with Crippen molar-refractivity contribution in [2.75, 3.05) is 0 Å². The number of hydrogen-bond donors (Lipinski definition) is 2. The van der Waals surface area contributed by atoms with Crippen molar-refractivity contribution < 1.29 is 5.11 Å². The van der Waals surface area contributed by atoms with Crippen LogP contribution in [0.2, 0.25) is 0 Å². The standard InChI is InChI=1S/C14H16N2O/c1-9-2-4-10(5-3-9)11-6-13-12(8-15-16-13)14(17)7-11/h2-5,8,11,14,17H,6-7H2,1H3,(H,15,16). The molecule has 17 heavy (non-hydrogen) atoms. The van der Waals surface area contributed by atoms with Gasteiger partial charge in [0, 0.05) is 11.3 Å². The second-order valence-electron chi connectivity index (χ2n) is 4.87. The molecule has 0 radical (unpaired) electrons. The highest BCUT2D eigenvalue weighted by molar-refractivity contribution is 5.31. The van der Waals surface area contributed by atoms with E-state index in [2.05, 4.69) is 41.4 Å². The summed E-state index contributed by atoms with van der Waals surface area (Å²) in [5.74, 6) is 0.388. The molecule has 3 rings (SSSR count). The van der Waals surface area contributed by atoms with Crippen LogP contribution in [-0.4, -0.2) is 15.3 Å². The highest BCUT2D eigenvalue weighted by Crippen LogP contribution is 2.37. The molecule has 1 aromatic carbocycles. The number of nitrogens with one attached hydrogen (secondary N) is 1. The number of aliphatic hydroxyl groups is 1. The molecule has 2 N–H and O–H groups in total. The van der Waals surface area contributed by atoms with Crippen molar-refractivity contribution in [2.24, 2.45) is 0 Å². The molecule has 0 saturated carbocycles. The zero-order valence-electron chi connectivity index (χ0n) is 9.85. The van der Waals surface area contributed by atoms with Crippen LogP contribution in [-0.2, 0) is 6.42 Å². The minimum Gasteiger partial charge on any atom is -0.388 e. The highest BCUT2D eigenvalue weighted by Gasteiger charge is 2.27. The van der Waals surface area contributed by atoms with Gasteiger partial charge < -0.3 is 5.11 Å². The molecule has 2 unspecified atom stereocenters. The average Bonchev–Trinajstić information content (AvgIpc) is 2.78. The Morgan fingerprint density at radius 1 is 1.29 bits per heavy atom. The quantitative estimate of drug-likeness (QED) is 0.787. The first-order chi connectivity index (χ1) is 8.24. The van der Waals surface area contributed by atoms with Gasteiger partial charge in [-0.05, 0) is 31.2 Å². The average molecular weight is 228 g/mol. The van der Waals surface area contributed by atoms with E-state index < -0.39 is 0 Å². The Hall–Kier alpha value is -1.61. The SMILES string of the molecule is Cc1ccc(C2Cc3[nH]ncc3C(O)C2)cc1. The van der Waals surface area contributed by atoms with E-state index in [0.717, 1.165) is 24.1 Å². The summed E-state index contributed by atoms with van der Waals surface area (Å²) >= 11 is 0. The summed E-state index contributed by atoms with van der Waals surface area (Å²) < 4.78 is 0. The van der Waals surface area contributed by atoms with Crippen LogP contribution in [0.25, 0.3) is 0 Å². The number of hydrogen-bond acceptors (Lipinski definition) is 2. The molecule has 0 amide bonds. The maximum Gasteiger partial charge on any atom is 0.0829 e. The van der Waals surface area contributed by atoms with Crippen molar-refractivity contribution in [1.29, 1.82) is 0 Å². The van der Waals surface area contributed by atoms with Gasteiger partial charge in [-0.1, -0.05) is 29.8 Å². The number of aromatic amines is 1. The van der Waals surface area contributed by atoms with Gasteiger partial charge in [-0.3, -0.25) is 5.10 Å². The fourth-order valence-electron chi connectivity index (χ4n) is 2.59. The van der Waals surface area contributed by atoms with Crippen LogP contribution in [0.5, 0.6) is 0 Å². The number of nitrogens with zero attached hydrogens (tertiary/aromatic N) is 1. The maximum atomic E-state index is 10.1. The Morgan fingerprint density at radius 3 is 2.82 bits per heavy atom. The maximum absolute atomic E-state index is 10.1. The van der Waals surface area contributed by atoms with Gasteiger partial charge in [0.15, 0.2) is 0 Å². The molecule has 0 spiro atoms. The minimum atomic E-state index is -0.385. The molecule has 2 aromatic rings. The summed E-state index contributed by atoms with van der Waals surface area (Å²) in [5.41, 5.74) is 4.62. The van der Waals surface area contributed by atoms with Crippen molar-refractivity contribution in [2.45, 2.75) is 31.8 Å². The minimum absolute atomic E-state index is 0.385. The Balaban J connectivity index is 1.90. The largest absolute Gasteiger partial charge is 0.388 e. The predicted octanol–water partition coefficient (Wildman–Crippen LogP) is 2.48. The van der Waals surface area contributed by atoms with E-state index >= 15 is 0 Å². The second-order valence-corrected chi connectivity index (χ2v) is 4.87. The van der Waals surface area contributed by atoms with Gasteiger partial charge >= 0.3 is 0 Å². The lowest BCUT2D eigenvalue weighted by Gasteiger charge is -2.26. The smallest absolute Gasteiger partial charge is 0.0829 e. The van der Waals surface area contributed by atoms with Crippen LogP contribution < -0.4 is 0 Å². The molecule has 0 bridgehead atoms. The monoisotopic (exact) mass is 228 g/mol. The Kier molecular flexibility index (Phi) is 2.48. The highest BCUT2D eigenvalue weighted by atomic mass is 16.3. The van der Waals surface area contributed by atoms with E-state index in [0.29, 0.717) is 5.92 Å². The number of aromatic nitrogens is 2. The lowest BCUT2D eigenvalue weighted by molar-refractivity contribution is 0.147. The van der Waals surface area contributed by atoms with E-state index in [9.17, 15) is 5.11 Å². The summed E-state index contributed by atoms with van der Waals surface area (Å²) in [4.78, 5) is 0. The Bertz CT molecular complexity index is 515. The third-order valence-corrected chi connectivity index (χ3v) is 3.62. The van der Waals surface area contributed by atoms with Crippen LogP contribution in [0.4, 0.5) is 0 Å². The van der Waals surface area contributed by atoms with Crippen molar-refractivity contribution in [1.82, 2.24) is 10.2 Å². The number of aryl methyl sites for hydroxylation is 1.